The van der Waals surface area contributed by atoms with E-state index in [9.17, 15) is 0 Å². The van der Waals surface area contributed by atoms with Crippen molar-refractivity contribution in [2.24, 2.45) is 0 Å². The summed E-state index contributed by atoms with van der Waals surface area (Å²) < 4.78 is 6.96. The summed E-state index contributed by atoms with van der Waals surface area (Å²) >= 11 is 3.47. The molecule has 0 heterocycles. The number of hydrogen-bond acceptors (Lipinski definition) is 2. The van der Waals surface area contributed by atoms with E-state index in [4.69, 9.17) is 4.74 Å². The molecule has 2 aromatic rings. The van der Waals surface area contributed by atoms with E-state index in [1.807, 2.05) is 12.1 Å². The van der Waals surface area contributed by atoms with Crippen molar-refractivity contribution in [3.63, 3.8) is 0 Å². The zero-order chi connectivity index (χ0) is 15.2. The Hall–Kier alpha value is -1.32. The van der Waals surface area contributed by atoms with E-state index < -0.39 is 0 Å². The summed E-state index contributed by atoms with van der Waals surface area (Å²) in [5.41, 5.74) is 2.47. The van der Waals surface area contributed by atoms with Gasteiger partial charge in [0.2, 0.25) is 0 Å². The van der Waals surface area contributed by atoms with Gasteiger partial charge in [0.05, 0.1) is 6.10 Å². The summed E-state index contributed by atoms with van der Waals surface area (Å²) in [6.07, 6.45) is 0.190. The summed E-state index contributed by atoms with van der Waals surface area (Å²) in [6.45, 7) is 7.07. The second-order valence-corrected chi connectivity index (χ2v) is 6.34. The highest BCUT2D eigenvalue weighted by Crippen LogP contribution is 2.21. The van der Waals surface area contributed by atoms with Gasteiger partial charge >= 0.3 is 0 Å². The summed E-state index contributed by atoms with van der Waals surface area (Å²) in [7, 11) is 0. The van der Waals surface area contributed by atoms with E-state index in [0.29, 0.717) is 6.04 Å². The topological polar surface area (TPSA) is 21.3 Å². The zero-order valence-corrected chi connectivity index (χ0v) is 14.4. The molecule has 0 amide bonds. The highest BCUT2D eigenvalue weighted by molar-refractivity contribution is 9.10. The van der Waals surface area contributed by atoms with Crippen LogP contribution in [0.3, 0.4) is 0 Å². The summed E-state index contributed by atoms with van der Waals surface area (Å²) in [4.78, 5) is 0. The molecule has 112 valence electrons. The second kappa shape index (κ2) is 7.62. The van der Waals surface area contributed by atoms with E-state index in [1.54, 1.807) is 0 Å². The normalized spacial score (nSPS) is 12.4. The monoisotopic (exact) mass is 347 g/mol. The molecule has 0 saturated heterocycles. The molecular formula is C18H22BrNO. The first-order valence-corrected chi connectivity index (χ1v) is 8.09. The average Bonchev–Trinajstić information content (AvgIpc) is 2.46. The molecule has 21 heavy (non-hydrogen) atoms. The van der Waals surface area contributed by atoms with Crippen LogP contribution >= 0.6 is 15.9 Å². The fourth-order valence-corrected chi connectivity index (χ4v) is 2.42. The number of ether oxygens (including phenoxy) is 1. The Balaban J connectivity index is 2.01. The first-order chi connectivity index (χ1) is 10.1. The molecule has 0 spiro atoms. The molecule has 0 bridgehead atoms. The minimum Gasteiger partial charge on any atom is -0.491 e. The van der Waals surface area contributed by atoms with Gasteiger partial charge in [-0.05, 0) is 44.5 Å². The molecule has 0 aromatic heterocycles. The van der Waals surface area contributed by atoms with Gasteiger partial charge in [0.15, 0.2) is 0 Å². The van der Waals surface area contributed by atoms with Gasteiger partial charge in [-0.1, -0.05) is 46.3 Å². The highest BCUT2D eigenvalue weighted by atomic mass is 79.9. The maximum atomic E-state index is 5.85. The Morgan fingerprint density at radius 3 is 2.33 bits per heavy atom. The molecule has 0 aliphatic carbocycles. The lowest BCUT2D eigenvalue weighted by Gasteiger charge is -2.18. The lowest BCUT2D eigenvalue weighted by molar-refractivity contribution is 0.239. The van der Waals surface area contributed by atoms with E-state index >= 15 is 0 Å². The van der Waals surface area contributed by atoms with E-state index in [0.717, 1.165) is 16.8 Å². The van der Waals surface area contributed by atoms with E-state index in [-0.39, 0.29) is 6.10 Å². The van der Waals surface area contributed by atoms with Crippen molar-refractivity contribution in [3.05, 3.63) is 64.1 Å². The van der Waals surface area contributed by atoms with Gasteiger partial charge in [0.1, 0.15) is 5.75 Å². The maximum Gasteiger partial charge on any atom is 0.124 e. The van der Waals surface area contributed by atoms with Crippen LogP contribution in [0.2, 0.25) is 0 Å². The molecule has 0 radical (unpaired) electrons. The Bertz CT molecular complexity index is 566. The zero-order valence-electron chi connectivity index (χ0n) is 12.8. The number of benzene rings is 2. The summed E-state index contributed by atoms with van der Waals surface area (Å²) in [5, 5.41) is 3.55. The molecule has 2 aromatic carbocycles. The number of nitrogens with one attached hydrogen (secondary N) is 1. The summed E-state index contributed by atoms with van der Waals surface area (Å²) in [5.74, 6) is 0.961. The molecule has 2 nitrogen and oxygen atoms in total. The maximum absolute atomic E-state index is 5.85. The molecule has 0 saturated carbocycles. The fraction of sp³-hybridized carbons (Fsp3) is 0.333. The van der Waals surface area contributed by atoms with Gasteiger partial charge in [-0.25, -0.2) is 0 Å². The van der Waals surface area contributed by atoms with Crippen molar-refractivity contribution in [2.45, 2.75) is 39.5 Å². The lowest BCUT2D eigenvalue weighted by Crippen LogP contribution is -2.19. The minimum absolute atomic E-state index is 0.190. The quantitative estimate of drug-likeness (QED) is 0.785. The van der Waals surface area contributed by atoms with Crippen LogP contribution in [-0.2, 0) is 6.54 Å². The Labute approximate surface area is 135 Å². The molecular weight excluding hydrogens is 326 g/mol. The van der Waals surface area contributed by atoms with Crippen molar-refractivity contribution in [3.8, 4) is 5.75 Å². The van der Waals surface area contributed by atoms with Crippen molar-refractivity contribution in [1.82, 2.24) is 5.32 Å². The molecule has 0 unspecified atom stereocenters. The third-order valence-electron chi connectivity index (χ3n) is 3.30. The van der Waals surface area contributed by atoms with Gasteiger partial charge in [-0.15, -0.1) is 0 Å². The Kier molecular flexibility index (Phi) is 5.83. The van der Waals surface area contributed by atoms with Crippen LogP contribution in [0.15, 0.2) is 53.0 Å². The molecule has 2 rings (SSSR count). The van der Waals surface area contributed by atoms with E-state index in [2.05, 4.69) is 78.4 Å². The van der Waals surface area contributed by atoms with Gasteiger partial charge in [0.25, 0.3) is 0 Å². The Morgan fingerprint density at radius 1 is 1.00 bits per heavy atom. The first kappa shape index (κ1) is 16.1. The standard InChI is InChI=1S/C18H22BrNO/c1-13(2)21-18-7-5-4-6-16(18)12-20-14(3)15-8-10-17(19)11-9-15/h4-11,13-14,20H,12H2,1-3H3/t14-/m1/s1. The predicted molar refractivity (Wildman–Crippen MR) is 91.6 cm³/mol. The molecule has 0 aliphatic rings. The molecule has 1 atom stereocenters. The third kappa shape index (κ3) is 4.87. The number of para-hydroxylation sites is 1. The number of hydrogen-bond donors (Lipinski definition) is 1. The SMILES string of the molecule is CC(C)Oc1ccccc1CN[C@H](C)c1ccc(Br)cc1. The first-order valence-electron chi connectivity index (χ1n) is 7.29. The van der Waals surface area contributed by atoms with Gasteiger partial charge in [-0.3, -0.25) is 0 Å². The Morgan fingerprint density at radius 2 is 1.67 bits per heavy atom. The minimum atomic E-state index is 0.190. The largest absolute Gasteiger partial charge is 0.491 e. The lowest BCUT2D eigenvalue weighted by atomic mass is 10.1. The van der Waals surface area contributed by atoms with Crippen LogP contribution < -0.4 is 10.1 Å². The van der Waals surface area contributed by atoms with E-state index in [1.165, 1.54) is 11.1 Å². The number of rotatable bonds is 6. The van der Waals surface area contributed by atoms with Gasteiger partial charge < -0.3 is 10.1 Å². The van der Waals surface area contributed by atoms with Crippen LogP contribution in [0.4, 0.5) is 0 Å². The van der Waals surface area contributed by atoms with Crippen molar-refractivity contribution >= 4 is 15.9 Å². The highest BCUT2D eigenvalue weighted by Gasteiger charge is 2.08. The van der Waals surface area contributed by atoms with Crippen molar-refractivity contribution in [2.75, 3.05) is 0 Å². The predicted octanol–water partition coefficient (Wildman–Crippen LogP) is 5.09. The third-order valence-corrected chi connectivity index (χ3v) is 3.83. The number of halogens is 1. The van der Waals surface area contributed by atoms with Gasteiger partial charge in [-0.2, -0.15) is 0 Å². The van der Waals surface area contributed by atoms with Crippen LogP contribution in [0.5, 0.6) is 5.75 Å². The fourth-order valence-electron chi connectivity index (χ4n) is 2.15. The molecule has 3 heteroatoms. The molecule has 1 N–H and O–H groups in total. The van der Waals surface area contributed by atoms with Crippen LogP contribution in [-0.4, -0.2) is 6.10 Å². The van der Waals surface area contributed by atoms with Crippen molar-refractivity contribution < 1.29 is 4.74 Å². The van der Waals surface area contributed by atoms with Crippen LogP contribution in [0.25, 0.3) is 0 Å². The molecule has 0 fully saturated rings. The van der Waals surface area contributed by atoms with Crippen LogP contribution in [0.1, 0.15) is 37.9 Å². The molecule has 0 aliphatic heterocycles. The van der Waals surface area contributed by atoms with Gasteiger partial charge in [0, 0.05) is 22.6 Å². The average molecular weight is 348 g/mol. The smallest absolute Gasteiger partial charge is 0.124 e. The van der Waals surface area contributed by atoms with Crippen molar-refractivity contribution in [1.29, 1.82) is 0 Å². The van der Waals surface area contributed by atoms with Crippen LogP contribution in [0, 0.1) is 0 Å². The summed E-state index contributed by atoms with van der Waals surface area (Å²) in [6, 6.07) is 16.9. The second-order valence-electron chi connectivity index (χ2n) is 5.43.